The van der Waals surface area contributed by atoms with Crippen LogP contribution >= 0.6 is 15.9 Å². The fourth-order valence-corrected chi connectivity index (χ4v) is 2.87. The molecule has 0 aromatic heterocycles. The molecule has 0 saturated heterocycles. The molecule has 1 aromatic carbocycles. The molecule has 1 N–H and O–H groups in total. The fourth-order valence-electron chi connectivity index (χ4n) is 2.54. The number of rotatable bonds is 6. The molecule has 1 aliphatic rings. The maximum atomic E-state index is 13.9. The van der Waals surface area contributed by atoms with Gasteiger partial charge in [0.25, 0.3) is 0 Å². The Morgan fingerprint density at radius 2 is 2.22 bits per heavy atom. The average molecular weight is 314 g/mol. The smallest absolute Gasteiger partial charge is 0.127 e. The largest absolute Gasteiger partial charge is 0.313 e. The summed E-state index contributed by atoms with van der Waals surface area (Å²) in [7, 11) is 0. The molecule has 1 aliphatic carbocycles. The van der Waals surface area contributed by atoms with Gasteiger partial charge in [-0.15, -0.1) is 0 Å². The van der Waals surface area contributed by atoms with Gasteiger partial charge in [-0.2, -0.15) is 0 Å². The van der Waals surface area contributed by atoms with Gasteiger partial charge in [0.2, 0.25) is 0 Å². The summed E-state index contributed by atoms with van der Waals surface area (Å²) in [5.74, 6) is 1.42. The Bertz CT molecular complexity index is 407. The van der Waals surface area contributed by atoms with E-state index in [2.05, 4.69) is 35.1 Å². The van der Waals surface area contributed by atoms with Crippen LogP contribution in [0.3, 0.4) is 0 Å². The molecule has 3 heteroatoms. The van der Waals surface area contributed by atoms with Crippen LogP contribution in [0, 0.1) is 17.7 Å². The number of nitrogens with one attached hydrogen (secondary N) is 1. The van der Waals surface area contributed by atoms with Crippen molar-refractivity contribution in [3.8, 4) is 0 Å². The van der Waals surface area contributed by atoms with Gasteiger partial charge in [0.05, 0.1) is 0 Å². The van der Waals surface area contributed by atoms with Crippen LogP contribution in [0.15, 0.2) is 22.7 Å². The monoisotopic (exact) mass is 313 g/mol. The molecule has 0 radical (unpaired) electrons. The van der Waals surface area contributed by atoms with E-state index < -0.39 is 0 Å². The van der Waals surface area contributed by atoms with Crippen molar-refractivity contribution in [2.45, 2.75) is 39.2 Å². The summed E-state index contributed by atoms with van der Waals surface area (Å²) in [6.45, 7) is 5.47. The van der Waals surface area contributed by atoms with E-state index >= 15 is 0 Å². The number of hydrogen-bond acceptors (Lipinski definition) is 1. The molecule has 3 unspecified atom stereocenters. The summed E-state index contributed by atoms with van der Waals surface area (Å²) in [4.78, 5) is 0. The molecule has 1 saturated carbocycles. The van der Waals surface area contributed by atoms with Crippen LogP contribution in [-0.4, -0.2) is 12.6 Å². The van der Waals surface area contributed by atoms with E-state index in [-0.39, 0.29) is 5.82 Å². The zero-order chi connectivity index (χ0) is 13.1. The van der Waals surface area contributed by atoms with E-state index in [1.807, 2.05) is 12.1 Å². The van der Waals surface area contributed by atoms with Gasteiger partial charge in [0, 0.05) is 10.5 Å². The van der Waals surface area contributed by atoms with Crippen molar-refractivity contribution in [3.63, 3.8) is 0 Å². The molecule has 0 heterocycles. The highest BCUT2D eigenvalue weighted by atomic mass is 79.9. The minimum Gasteiger partial charge on any atom is -0.313 e. The Morgan fingerprint density at radius 3 is 2.78 bits per heavy atom. The summed E-state index contributed by atoms with van der Waals surface area (Å²) in [6.07, 6.45) is 3.20. The van der Waals surface area contributed by atoms with Crippen LogP contribution in [0.25, 0.3) is 0 Å². The van der Waals surface area contributed by atoms with Crippen LogP contribution in [-0.2, 0) is 6.42 Å². The highest BCUT2D eigenvalue weighted by Gasteiger charge is 2.39. The second-order valence-corrected chi connectivity index (χ2v) is 6.29. The van der Waals surface area contributed by atoms with Gasteiger partial charge in [-0.3, -0.25) is 0 Å². The van der Waals surface area contributed by atoms with E-state index in [9.17, 15) is 4.39 Å². The molecule has 0 aliphatic heterocycles. The second-order valence-electron chi connectivity index (χ2n) is 5.38. The molecule has 1 aromatic rings. The normalized spacial score (nSPS) is 24.0. The van der Waals surface area contributed by atoms with Crippen LogP contribution in [0.4, 0.5) is 4.39 Å². The third kappa shape index (κ3) is 3.55. The molecular formula is C15H21BrFN. The predicted octanol–water partition coefficient (Wildman–Crippen LogP) is 4.15. The van der Waals surface area contributed by atoms with Gasteiger partial charge in [-0.05, 0) is 55.3 Å². The summed E-state index contributed by atoms with van der Waals surface area (Å²) in [5, 5.41) is 3.57. The second kappa shape index (κ2) is 6.16. The molecule has 2 rings (SSSR count). The zero-order valence-corrected chi connectivity index (χ0v) is 12.6. The zero-order valence-electron chi connectivity index (χ0n) is 11.0. The van der Waals surface area contributed by atoms with E-state index in [1.54, 1.807) is 6.07 Å². The highest BCUT2D eigenvalue weighted by Crippen LogP contribution is 2.41. The first-order chi connectivity index (χ1) is 8.61. The van der Waals surface area contributed by atoms with Crippen molar-refractivity contribution in [3.05, 3.63) is 34.1 Å². The Balaban J connectivity index is 2.03. The molecule has 1 nitrogen and oxygen atoms in total. The lowest BCUT2D eigenvalue weighted by molar-refractivity contribution is 0.436. The van der Waals surface area contributed by atoms with E-state index in [0.29, 0.717) is 6.04 Å². The van der Waals surface area contributed by atoms with E-state index in [1.165, 1.54) is 6.42 Å². The van der Waals surface area contributed by atoms with Crippen molar-refractivity contribution < 1.29 is 4.39 Å². The van der Waals surface area contributed by atoms with Crippen molar-refractivity contribution in [1.82, 2.24) is 5.32 Å². The van der Waals surface area contributed by atoms with E-state index in [4.69, 9.17) is 0 Å². The van der Waals surface area contributed by atoms with Crippen molar-refractivity contribution in [1.29, 1.82) is 0 Å². The van der Waals surface area contributed by atoms with Gasteiger partial charge >= 0.3 is 0 Å². The average Bonchev–Trinajstić information content (AvgIpc) is 3.04. The highest BCUT2D eigenvalue weighted by molar-refractivity contribution is 9.10. The minimum absolute atomic E-state index is 0.0963. The van der Waals surface area contributed by atoms with Gasteiger partial charge in [0.1, 0.15) is 5.82 Å². The van der Waals surface area contributed by atoms with Crippen LogP contribution in [0.1, 0.15) is 32.3 Å². The Labute approximate surface area is 117 Å². The maximum absolute atomic E-state index is 13.9. The summed E-state index contributed by atoms with van der Waals surface area (Å²) in [5.41, 5.74) is 0.825. The third-order valence-electron chi connectivity index (χ3n) is 3.80. The SMILES string of the molecule is CCCNC(Cc1ccc(Br)cc1F)C1CC1C. The molecule has 1 fully saturated rings. The topological polar surface area (TPSA) is 12.0 Å². The van der Waals surface area contributed by atoms with E-state index in [0.717, 1.165) is 41.3 Å². The number of benzene rings is 1. The first-order valence-corrected chi connectivity index (χ1v) is 7.58. The fraction of sp³-hybridized carbons (Fsp3) is 0.600. The molecule has 100 valence electrons. The maximum Gasteiger partial charge on any atom is 0.127 e. The van der Waals surface area contributed by atoms with Crippen LogP contribution < -0.4 is 5.32 Å². The third-order valence-corrected chi connectivity index (χ3v) is 4.29. The van der Waals surface area contributed by atoms with Gasteiger partial charge in [-0.25, -0.2) is 4.39 Å². The van der Waals surface area contributed by atoms with Crippen molar-refractivity contribution in [2.24, 2.45) is 11.8 Å². The first kappa shape index (κ1) is 14.0. The molecule has 18 heavy (non-hydrogen) atoms. The van der Waals surface area contributed by atoms with Crippen LogP contribution in [0.2, 0.25) is 0 Å². The summed E-state index contributed by atoms with van der Waals surface area (Å²) >= 11 is 3.30. The molecule has 0 spiro atoms. The molecule has 3 atom stereocenters. The minimum atomic E-state index is -0.0963. The molecular weight excluding hydrogens is 293 g/mol. The lowest BCUT2D eigenvalue weighted by Gasteiger charge is -2.19. The first-order valence-electron chi connectivity index (χ1n) is 6.79. The Hall–Kier alpha value is -0.410. The molecule has 0 amide bonds. The Morgan fingerprint density at radius 1 is 1.50 bits per heavy atom. The summed E-state index contributed by atoms with van der Waals surface area (Å²) in [6, 6.07) is 5.80. The van der Waals surface area contributed by atoms with Crippen molar-refractivity contribution in [2.75, 3.05) is 6.54 Å². The van der Waals surface area contributed by atoms with Crippen LogP contribution in [0.5, 0.6) is 0 Å². The van der Waals surface area contributed by atoms with Gasteiger partial charge in [0.15, 0.2) is 0 Å². The lowest BCUT2D eigenvalue weighted by Crippen LogP contribution is -2.34. The quantitative estimate of drug-likeness (QED) is 0.831. The van der Waals surface area contributed by atoms with Crippen molar-refractivity contribution >= 4 is 15.9 Å². The lowest BCUT2D eigenvalue weighted by atomic mass is 10.0. The van der Waals surface area contributed by atoms with Gasteiger partial charge < -0.3 is 5.32 Å². The predicted molar refractivity (Wildman–Crippen MR) is 77.2 cm³/mol. The summed E-state index contributed by atoms with van der Waals surface area (Å²) < 4.78 is 14.7. The number of hydrogen-bond donors (Lipinski definition) is 1. The Kier molecular flexibility index (Phi) is 4.79. The molecule has 0 bridgehead atoms. The standard InChI is InChI=1S/C15H21BrFN/c1-3-6-18-15(13-7-10(13)2)8-11-4-5-12(16)9-14(11)17/h4-5,9-10,13,15,18H,3,6-8H2,1-2H3. The number of halogens is 2. The van der Waals surface area contributed by atoms with Gasteiger partial charge in [-0.1, -0.05) is 35.8 Å².